The van der Waals surface area contributed by atoms with E-state index in [1.807, 2.05) is 60.7 Å². The van der Waals surface area contributed by atoms with Crippen LogP contribution in [0.1, 0.15) is 39.5 Å². The molecule has 0 radical (unpaired) electrons. The van der Waals surface area contributed by atoms with Gasteiger partial charge in [-0.15, -0.1) is 0 Å². The van der Waals surface area contributed by atoms with E-state index in [9.17, 15) is 14.4 Å². The summed E-state index contributed by atoms with van der Waals surface area (Å²) in [5.41, 5.74) is 4.43. The van der Waals surface area contributed by atoms with Crippen molar-refractivity contribution in [2.45, 2.75) is 31.7 Å². The fourth-order valence-corrected chi connectivity index (χ4v) is 5.57. The van der Waals surface area contributed by atoms with Crippen molar-refractivity contribution in [1.82, 2.24) is 14.9 Å². The van der Waals surface area contributed by atoms with Crippen molar-refractivity contribution in [3.8, 4) is 0 Å². The number of rotatable bonds is 6. The number of hydrogen-bond donors (Lipinski definition) is 1. The van der Waals surface area contributed by atoms with E-state index in [4.69, 9.17) is 4.74 Å². The van der Waals surface area contributed by atoms with Crippen molar-refractivity contribution in [2.24, 2.45) is 0 Å². The number of amides is 2. The minimum absolute atomic E-state index is 0.0363. The molecule has 8 heteroatoms. The average Bonchev–Trinajstić information content (AvgIpc) is 3.43. The van der Waals surface area contributed by atoms with Crippen LogP contribution in [0.25, 0.3) is 10.9 Å². The summed E-state index contributed by atoms with van der Waals surface area (Å²) in [5, 5.41) is 3.75. The Balaban J connectivity index is 1.31. The lowest BCUT2D eigenvalue weighted by Crippen LogP contribution is -2.36. The van der Waals surface area contributed by atoms with Gasteiger partial charge in [0, 0.05) is 29.9 Å². The summed E-state index contributed by atoms with van der Waals surface area (Å²) in [4.78, 5) is 49.3. The first-order valence-corrected chi connectivity index (χ1v) is 12.6. The Kier molecular flexibility index (Phi) is 5.87. The molecule has 2 aromatic carbocycles. The monoisotopic (exact) mass is 506 g/mol. The number of nitrogens with one attached hydrogen (secondary N) is 1. The lowest BCUT2D eigenvalue weighted by atomic mass is 9.79. The van der Waals surface area contributed by atoms with Gasteiger partial charge in [0.2, 0.25) is 5.91 Å². The molecule has 2 aliphatic rings. The number of fused-ring (bicyclic) bond motifs is 4. The Morgan fingerprint density at radius 1 is 1.03 bits per heavy atom. The van der Waals surface area contributed by atoms with Crippen LogP contribution in [0.15, 0.2) is 73.1 Å². The van der Waals surface area contributed by atoms with Crippen molar-refractivity contribution >= 4 is 34.5 Å². The summed E-state index contributed by atoms with van der Waals surface area (Å²) in [6, 6.07) is 19.2. The largest absolute Gasteiger partial charge is 0.465 e. The highest BCUT2D eigenvalue weighted by molar-refractivity contribution is 6.06. The molecule has 1 aliphatic heterocycles. The van der Waals surface area contributed by atoms with E-state index >= 15 is 0 Å². The van der Waals surface area contributed by atoms with Crippen LogP contribution in [0, 0.1) is 0 Å². The quantitative estimate of drug-likeness (QED) is 0.399. The van der Waals surface area contributed by atoms with E-state index < -0.39 is 11.4 Å². The van der Waals surface area contributed by atoms with Crippen molar-refractivity contribution in [1.29, 1.82) is 0 Å². The molecule has 2 amide bonds. The highest BCUT2D eigenvalue weighted by Crippen LogP contribution is 2.47. The fraction of sp³-hybridized carbons (Fsp3) is 0.233. The van der Waals surface area contributed by atoms with Crippen LogP contribution in [0.3, 0.4) is 0 Å². The van der Waals surface area contributed by atoms with Gasteiger partial charge in [-0.25, -0.2) is 4.98 Å². The molecule has 190 valence electrons. The summed E-state index contributed by atoms with van der Waals surface area (Å²) < 4.78 is 5.11. The van der Waals surface area contributed by atoms with E-state index in [2.05, 4.69) is 15.3 Å². The molecule has 8 nitrogen and oxygen atoms in total. The zero-order chi connectivity index (χ0) is 26.3. The van der Waals surface area contributed by atoms with Gasteiger partial charge >= 0.3 is 5.97 Å². The van der Waals surface area contributed by atoms with Gasteiger partial charge in [-0.05, 0) is 60.7 Å². The number of carbonyl (C=O) groups excluding carboxylic acids is 3. The number of carbonyl (C=O) groups is 3. The van der Waals surface area contributed by atoms with Crippen LogP contribution in [0.4, 0.5) is 5.82 Å². The van der Waals surface area contributed by atoms with Crippen LogP contribution >= 0.6 is 0 Å². The van der Waals surface area contributed by atoms with Gasteiger partial charge in [0.15, 0.2) is 0 Å². The molecule has 4 aromatic rings. The van der Waals surface area contributed by atoms with E-state index in [0.29, 0.717) is 24.2 Å². The third-order valence-electron chi connectivity index (χ3n) is 7.35. The first-order chi connectivity index (χ1) is 18.5. The SMILES string of the molecule is CCOC(=O)CN(Cc1ccccc1)C(=O)c1cnc2cc3c(cc2c1)C[C@@]1(C3)C(=O)Nc2ncccc21. The van der Waals surface area contributed by atoms with Gasteiger partial charge in [-0.2, -0.15) is 0 Å². The number of pyridine rings is 2. The van der Waals surface area contributed by atoms with Gasteiger partial charge in [-0.1, -0.05) is 36.4 Å². The van der Waals surface area contributed by atoms with Gasteiger partial charge in [0.05, 0.1) is 23.1 Å². The zero-order valence-electron chi connectivity index (χ0n) is 20.9. The molecule has 0 fully saturated rings. The number of anilines is 1. The molecule has 1 N–H and O–H groups in total. The Morgan fingerprint density at radius 2 is 1.82 bits per heavy atom. The third kappa shape index (κ3) is 4.08. The predicted molar refractivity (Wildman–Crippen MR) is 142 cm³/mol. The summed E-state index contributed by atoms with van der Waals surface area (Å²) in [6.07, 6.45) is 4.37. The molecule has 0 unspecified atom stereocenters. The smallest absolute Gasteiger partial charge is 0.325 e. The predicted octanol–water partition coefficient (Wildman–Crippen LogP) is 3.82. The molecular formula is C30H26N4O4. The van der Waals surface area contributed by atoms with Crippen molar-refractivity contribution in [3.63, 3.8) is 0 Å². The van der Waals surface area contributed by atoms with Gasteiger partial charge in [-0.3, -0.25) is 19.4 Å². The minimum atomic E-state index is -0.673. The maximum Gasteiger partial charge on any atom is 0.325 e. The second kappa shape index (κ2) is 9.37. The van der Waals surface area contributed by atoms with Crippen LogP contribution in [0.2, 0.25) is 0 Å². The maximum atomic E-state index is 13.6. The number of nitrogens with zero attached hydrogens (tertiary/aromatic N) is 3. The Labute approximate surface area is 219 Å². The first-order valence-electron chi connectivity index (χ1n) is 12.6. The summed E-state index contributed by atoms with van der Waals surface area (Å²) in [7, 11) is 0. The molecule has 1 spiro atoms. The minimum Gasteiger partial charge on any atom is -0.465 e. The van der Waals surface area contributed by atoms with Crippen LogP contribution < -0.4 is 5.32 Å². The van der Waals surface area contributed by atoms with Crippen molar-refractivity contribution < 1.29 is 19.1 Å². The highest BCUT2D eigenvalue weighted by Gasteiger charge is 2.51. The average molecular weight is 507 g/mol. The first kappa shape index (κ1) is 23.8. The van der Waals surface area contributed by atoms with E-state index in [1.54, 1.807) is 19.3 Å². The normalized spacial score (nSPS) is 17.2. The van der Waals surface area contributed by atoms with Crippen LogP contribution in [-0.2, 0) is 39.1 Å². The van der Waals surface area contributed by atoms with Gasteiger partial charge in [0.1, 0.15) is 12.4 Å². The fourth-order valence-electron chi connectivity index (χ4n) is 5.57. The van der Waals surface area contributed by atoms with E-state index in [1.165, 1.54) is 4.90 Å². The summed E-state index contributed by atoms with van der Waals surface area (Å²) >= 11 is 0. The molecular weight excluding hydrogens is 480 g/mol. The maximum absolute atomic E-state index is 13.6. The number of hydrogen-bond acceptors (Lipinski definition) is 6. The standard InChI is InChI=1S/C30H26N4O4/c1-2-38-26(35)18-34(17-19-7-4-3-5-8-19)28(36)23-12-20-11-21-14-30(15-22(21)13-25(20)32-16-23)24-9-6-10-31-27(24)33-29(30)37/h3-13,16H,2,14-15,17-18H2,1H3,(H,31,33,37)/t30-/m0/s1. The van der Waals surface area contributed by atoms with Crippen LogP contribution in [-0.4, -0.2) is 45.8 Å². The van der Waals surface area contributed by atoms with Crippen molar-refractivity contribution in [2.75, 3.05) is 18.5 Å². The molecule has 6 rings (SSSR count). The van der Waals surface area contributed by atoms with Gasteiger partial charge < -0.3 is 15.0 Å². The number of ether oxygens (including phenoxy) is 1. The number of aromatic nitrogens is 2. The summed E-state index contributed by atoms with van der Waals surface area (Å²) in [5.74, 6) is -0.173. The number of benzene rings is 2. The van der Waals surface area contributed by atoms with Crippen LogP contribution in [0.5, 0.6) is 0 Å². The topological polar surface area (TPSA) is 101 Å². The Hall–Kier alpha value is -4.59. The number of esters is 1. The van der Waals surface area contributed by atoms with Gasteiger partial charge in [0.25, 0.3) is 5.91 Å². The molecule has 0 saturated heterocycles. The lowest BCUT2D eigenvalue weighted by Gasteiger charge is -2.22. The lowest BCUT2D eigenvalue weighted by molar-refractivity contribution is -0.144. The van der Waals surface area contributed by atoms with Crippen molar-refractivity contribution in [3.05, 3.63) is 101 Å². The Morgan fingerprint density at radius 3 is 2.61 bits per heavy atom. The molecule has 2 aromatic heterocycles. The molecule has 1 aliphatic carbocycles. The van der Waals surface area contributed by atoms with E-state index in [-0.39, 0.29) is 31.5 Å². The second-order valence-electron chi connectivity index (χ2n) is 9.78. The molecule has 0 bridgehead atoms. The molecule has 1 atom stereocenters. The third-order valence-corrected chi connectivity index (χ3v) is 7.35. The second-order valence-corrected chi connectivity index (χ2v) is 9.78. The molecule has 3 heterocycles. The summed E-state index contributed by atoms with van der Waals surface area (Å²) in [6.45, 7) is 2.09. The molecule has 0 saturated carbocycles. The zero-order valence-corrected chi connectivity index (χ0v) is 20.9. The van der Waals surface area contributed by atoms with E-state index in [0.717, 1.165) is 33.2 Å². The molecule has 38 heavy (non-hydrogen) atoms. The Bertz CT molecular complexity index is 1590. The highest BCUT2D eigenvalue weighted by atomic mass is 16.5.